The monoisotopic (exact) mass is 347 g/mol. The van der Waals surface area contributed by atoms with E-state index in [1.54, 1.807) is 11.8 Å². The van der Waals surface area contributed by atoms with Crippen molar-refractivity contribution in [3.05, 3.63) is 30.3 Å². The van der Waals surface area contributed by atoms with E-state index in [1.165, 1.54) is 30.6 Å². The Kier molecular flexibility index (Phi) is 6.18. The summed E-state index contributed by atoms with van der Waals surface area (Å²) in [5.41, 5.74) is 0. The molecule has 0 spiro atoms. The molecule has 2 aliphatic rings. The third-order valence-electron chi connectivity index (χ3n) is 5.11. The van der Waals surface area contributed by atoms with Gasteiger partial charge in [-0.15, -0.1) is 11.8 Å². The number of esters is 1. The molecule has 2 fully saturated rings. The van der Waals surface area contributed by atoms with E-state index in [9.17, 15) is 9.59 Å². The van der Waals surface area contributed by atoms with Gasteiger partial charge in [-0.05, 0) is 49.1 Å². The lowest BCUT2D eigenvalue weighted by molar-refractivity contribution is -0.149. The largest absolute Gasteiger partial charge is 0.456 e. The number of rotatable bonds is 8. The quantitative estimate of drug-likeness (QED) is 0.445. The summed E-state index contributed by atoms with van der Waals surface area (Å²) in [6.45, 7) is 0.415. The second-order valence-corrected chi connectivity index (χ2v) is 7.98. The average molecular weight is 347 g/mol. The Hall–Kier alpha value is -1.49. The Morgan fingerprint density at radius 3 is 2.71 bits per heavy atom. The zero-order chi connectivity index (χ0) is 16.8. The highest BCUT2D eigenvalue weighted by Gasteiger charge is 2.40. The molecular formula is C19H25NO3S. The first kappa shape index (κ1) is 17.3. The molecule has 3 atom stereocenters. The second kappa shape index (κ2) is 8.56. The number of carbonyl (C=O) groups is 2. The van der Waals surface area contributed by atoms with Crippen molar-refractivity contribution >= 4 is 23.6 Å². The zero-order valence-corrected chi connectivity index (χ0v) is 14.7. The van der Waals surface area contributed by atoms with Crippen LogP contribution in [0.4, 0.5) is 0 Å². The molecule has 1 N–H and O–H groups in total. The Bertz CT molecular complexity index is 563. The topological polar surface area (TPSA) is 55.4 Å². The van der Waals surface area contributed by atoms with Crippen molar-refractivity contribution in [1.29, 1.82) is 0 Å². The smallest absolute Gasteiger partial charge is 0.306 e. The van der Waals surface area contributed by atoms with Gasteiger partial charge in [0, 0.05) is 23.6 Å². The molecular weight excluding hydrogens is 322 g/mol. The molecule has 2 aliphatic carbocycles. The van der Waals surface area contributed by atoms with Crippen molar-refractivity contribution in [3.8, 4) is 0 Å². The molecule has 0 radical (unpaired) electrons. The van der Waals surface area contributed by atoms with E-state index in [1.807, 2.05) is 30.3 Å². The molecule has 2 bridgehead atoms. The number of ether oxygens (including phenoxy) is 1. The number of amides is 1. The number of nitrogens with one attached hydrogen (secondary N) is 1. The van der Waals surface area contributed by atoms with Gasteiger partial charge in [0.25, 0.3) is 5.91 Å². The number of carbonyl (C=O) groups excluding carboxylic acids is 2. The molecule has 0 unspecified atom stereocenters. The molecule has 130 valence electrons. The maximum atomic E-state index is 11.9. The van der Waals surface area contributed by atoms with E-state index in [4.69, 9.17) is 4.74 Å². The highest BCUT2D eigenvalue weighted by atomic mass is 32.2. The minimum Gasteiger partial charge on any atom is -0.456 e. The lowest BCUT2D eigenvalue weighted by Gasteiger charge is -2.20. The van der Waals surface area contributed by atoms with Crippen molar-refractivity contribution < 1.29 is 14.3 Å². The predicted octanol–water partition coefficient (Wildman–Crippen LogP) is 3.26. The maximum Gasteiger partial charge on any atom is 0.306 e. The highest BCUT2D eigenvalue weighted by molar-refractivity contribution is 7.99. The number of hydrogen-bond donors (Lipinski definition) is 1. The summed E-state index contributed by atoms with van der Waals surface area (Å²) >= 11 is 1.69. The van der Waals surface area contributed by atoms with Gasteiger partial charge in [0.1, 0.15) is 0 Å². The molecule has 0 saturated heterocycles. The third-order valence-corrected chi connectivity index (χ3v) is 6.13. The van der Waals surface area contributed by atoms with E-state index in [0.717, 1.165) is 11.7 Å². The van der Waals surface area contributed by atoms with Crippen LogP contribution < -0.4 is 5.32 Å². The summed E-state index contributed by atoms with van der Waals surface area (Å²) in [6.07, 6.45) is 5.54. The van der Waals surface area contributed by atoms with Gasteiger partial charge in [0.15, 0.2) is 6.61 Å². The van der Waals surface area contributed by atoms with Gasteiger partial charge in [0.2, 0.25) is 0 Å². The SMILES string of the molecule is O=C(COC(=O)C[C@H]1C[C@H]2CC[C@@H]1C2)NCCSc1ccccc1. The van der Waals surface area contributed by atoms with E-state index < -0.39 is 0 Å². The van der Waals surface area contributed by atoms with Crippen LogP contribution in [0.1, 0.15) is 32.1 Å². The Morgan fingerprint density at radius 2 is 2.00 bits per heavy atom. The summed E-state index contributed by atoms with van der Waals surface area (Å²) in [4.78, 5) is 24.8. The molecule has 0 aromatic heterocycles. The molecule has 2 saturated carbocycles. The van der Waals surface area contributed by atoms with Crippen LogP contribution in [0.2, 0.25) is 0 Å². The summed E-state index contributed by atoms with van der Waals surface area (Å²) in [6, 6.07) is 10.1. The highest BCUT2D eigenvalue weighted by Crippen LogP contribution is 2.49. The van der Waals surface area contributed by atoms with Gasteiger partial charge in [-0.3, -0.25) is 9.59 Å². The maximum absolute atomic E-state index is 11.9. The molecule has 4 nitrogen and oxygen atoms in total. The van der Waals surface area contributed by atoms with Crippen LogP contribution in [0.25, 0.3) is 0 Å². The molecule has 1 amide bonds. The normalized spacial score (nSPS) is 24.8. The van der Waals surface area contributed by atoms with Crippen LogP contribution >= 0.6 is 11.8 Å². The van der Waals surface area contributed by atoms with E-state index >= 15 is 0 Å². The van der Waals surface area contributed by atoms with E-state index in [0.29, 0.717) is 24.8 Å². The third kappa shape index (κ3) is 5.00. The Balaban J connectivity index is 1.25. The van der Waals surface area contributed by atoms with Gasteiger partial charge in [-0.1, -0.05) is 24.6 Å². The summed E-state index contributed by atoms with van der Waals surface area (Å²) in [7, 11) is 0. The van der Waals surface area contributed by atoms with Crippen molar-refractivity contribution in [2.24, 2.45) is 17.8 Å². The van der Waals surface area contributed by atoms with Crippen molar-refractivity contribution in [3.63, 3.8) is 0 Å². The predicted molar refractivity (Wildman–Crippen MR) is 94.7 cm³/mol. The van der Waals surface area contributed by atoms with Gasteiger partial charge < -0.3 is 10.1 Å². The molecule has 0 aliphatic heterocycles. The van der Waals surface area contributed by atoms with Crippen molar-refractivity contribution in [1.82, 2.24) is 5.32 Å². The number of benzene rings is 1. The van der Waals surface area contributed by atoms with Crippen LogP contribution in [0.3, 0.4) is 0 Å². The number of hydrogen-bond acceptors (Lipinski definition) is 4. The first-order valence-electron chi connectivity index (χ1n) is 8.81. The second-order valence-electron chi connectivity index (χ2n) is 6.81. The summed E-state index contributed by atoms with van der Waals surface area (Å²) in [5.74, 6) is 2.40. The van der Waals surface area contributed by atoms with E-state index in [-0.39, 0.29) is 18.5 Å². The first-order chi connectivity index (χ1) is 11.7. The first-order valence-corrected chi connectivity index (χ1v) is 9.79. The fraction of sp³-hybridized carbons (Fsp3) is 0.579. The summed E-state index contributed by atoms with van der Waals surface area (Å²) < 4.78 is 5.13. The van der Waals surface area contributed by atoms with Crippen molar-refractivity contribution in [2.45, 2.75) is 37.0 Å². The van der Waals surface area contributed by atoms with Crippen LogP contribution in [0.15, 0.2) is 35.2 Å². The van der Waals surface area contributed by atoms with Gasteiger partial charge in [-0.25, -0.2) is 0 Å². The van der Waals surface area contributed by atoms with Crippen LogP contribution in [-0.4, -0.2) is 30.8 Å². The zero-order valence-electron chi connectivity index (χ0n) is 13.9. The van der Waals surface area contributed by atoms with Crippen molar-refractivity contribution in [2.75, 3.05) is 18.9 Å². The molecule has 3 rings (SSSR count). The molecule has 5 heteroatoms. The fourth-order valence-corrected chi connectivity index (χ4v) is 4.76. The fourth-order valence-electron chi connectivity index (χ4n) is 3.97. The molecule has 24 heavy (non-hydrogen) atoms. The van der Waals surface area contributed by atoms with Gasteiger partial charge in [-0.2, -0.15) is 0 Å². The minimum atomic E-state index is -0.221. The Labute approximate surface area is 147 Å². The summed E-state index contributed by atoms with van der Waals surface area (Å²) in [5, 5.41) is 2.79. The lowest BCUT2D eigenvalue weighted by Crippen LogP contribution is -2.31. The lowest BCUT2D eigenvalue weighted by atomic mass is 9.86. The van der Waals surface area contributed by atoms with Gasteiger partial charge >= 0.3 is 5.97 Å². The Morgan fingerprint density at radius 1 is 1.17 bits per heavy atom. The molecule has 1 aromatic carbocycles. The minimum absolute atomic E-state index is 0.157. The molecule has 0 heterocycles. The van der Waals surface area contributed by atoms with E-state index in [2.05, 4.69) is 5.32 Å². The van der Waals surface area contributed by atoms with Crippen LogP contribution in [0, 0.1) is 17.8 Å². The van der Waals surface area contributed by atoms with Crippen LogP contribution in [0.5, 0.6) is 0 Å². The average Bonchev–Trinajstić information content (AvgIpc) is 3.21. The number of fused-ring (bicyclic) bond motifs is 2. The van der Waals surface area contributed by atoms with Crippen LogP contribution in [-0.2, 0) is 14.3 Å². The molecule has 1 aromatic rings. The number of thioether (sulfide) groups is 1. The van der Waals surface area contributed by atoms with Gasteiger partial charge in [0.05, 0.1) is 0 Å². The standard InChI is InChI=1S/C19H25NO3S/c21-18(20-8-9-24-17-4-2-1-3-5-17)13-23-19(22)12-16-11-14-6-7-15(16)10-14/h1-5,14-16H,6-13H2,(H,20,21)/t14-,15+,16+/m0/s1.